The van der Waals surface area contributed by atoms with Crippen LogP contribution in [0.25, 0.3) is 0 Å². The molecule has 0 unspecified atom stereocenters. The Kier molecular flexibility index (Phi) is 4.29. The van der Waals surface area contributed by atoms with Crippen LogP contribution in [-0.2, 0) is 11.3 Å². The summed E-state index contributed by atoms with van der Waals surface area (Å²) in [7, 11) is 0. The SMILES string of the molecule is NC(=O)c1ccc(CN(CC(=O)N2CCNC2=O)C2CC2)cc1. The first kappa shape index (κ1) is 15.5. The minimum atomic E-state index is -0.453. The number of nitrogens with two attached hydrogens (primary N) is 1. The molecule has 23 heavy (non-hydrogen) atoms. The summed E-state index contributed by atoms with van der Waals surface area (Å²) in [5.41, 5.74) is 6.72. The molecule has 122 valence electrons. The van der Waals surface area contributed by atoms with Crippen molar-refractivity contribution in [3.8, 4) is 0 Å². The van der Waals surface area contributed by atoms with Crippen molar-refractivity contribution >= 4 is 17.8 Å². The highest BCUT2D eigenvalue weighted by Crippen LogP contribution is 2.28. The summed E-state index contributed by atoms with van der Waals surface area (Å²) in [5.74, 6) is -0.619. The van der Waals surface area contributed by atoms with Gasteiger partial charge in [-0.3, -0.25) is 19.4 Å². The first-order valence-electron chi connectivity index (χ1n) is 7.75. The Morgan fingerprint density at radius 2 is 1.96 bits per heavy atom. The Morgan fingerprint density at radius 3 is 2.48 bits per heavy atom. The maximum Gasteiger partial charge on any atom is 0.324 e. The van der Waals surface area contributed by atoms with Gasteiger partial charge in [0.05, 0.1) is 6.54 Å². The second-order valence-corrected chi connectivity index (χ2v) is 5.97. The molecule has 0 aromatic heterocycles. The quantitative estimate of drug-likeness (QED) is 0.789. The van der Waals surface area contributed by atoms with Crippen LogP contribution in [0.3, 0.4) is 0 Å². The average Bonchev–Trinajstić information content (AvgIpc) is 3.28. The number of urea groups is 1. The van der Waals surface area contributed by atoms with Crippen LogP contribution in [0.1, 0.15) is 28.8 Å². The summed E-state index contributed by atoms with van der Waals surface area (Å²) in [6, 6.07) is 7.17. The summed E-state index contributed by atoms with van der Waals surface area (Å²) in [6.07, 6.45) is 2.14. The van der Waals surface area contributed by atoms with Crippen molar-refractivity contribution in [2.75, 3.05) is 19.6 Å². The van der Waals surface area contributed by atoms with E-state index in [1.54, 1.807) is 12.1 Å². The van der Waals surface area contributed by atoms with Crippen LogP contribution in [0.15, 0.2) is 24.3 Å². The van der Waals surface area contributed by atoms with E-state index in [9.17, 15) is 14.4 Å². The molecule has 0 spiro atoms. The third-order valence-electron chi connectivity index (χ3n) is 4.18. The van der Waals surface area contributed by atoms with E-state index in [1.165, 1.54) is 4.90 Å². The molecule has 2 fully saturated rings. The van der Waals surface area contributed by atoms with Gasteiger partial charge in [-0.1, -0.05) is 12.1 Å². The van der Waals surface area contributed by atoms with Crippen molar-refractivity contribution in [2.24, 2.45) is 5.73 Å². The van der Waals surface area contributed by atoms with Gasteiger partial charge in [0, 0.05) is 31.2 Å². The Labute approximate surface area is 134 Å². The summed E-state index contributed by atoms with van der Waals surface area (Å²) in [4.78, 5) is 38.3. The Bertz CT molecular complexity index is 625. The lowest BCUT2D eigenvalue weighted by molar-refractivity contribution is -0.129. The maximum absolute atomic E-state index is 12.3. The highest BCUT2D eigenvalue weighted by molar-refractivity contribution is 5.96. The van der Waals surface area contributed by atoms with Crippen LogP contribution in [-0.4, -0.2) is 53.3 Å². The largest absolute Gasteiger partial charge is 0.366 e. The topological polar surface area (TPSA) is 95.7 Å². The molecule has 1 heterocycles. The lowest BCUT2D eigenvalue weighted by Gasteiger charge is -2.23. The fourth-order valence-electron chi connectivity index (χ4n) is 2.73. The minimum absolute atomic E-state index is 0.166. The van der Waals surface area contributed by atoms with Gasteiger partial charge in [0.25, 0.3) is 0 Å². The minimum Gasteiger partial charge on any atom is -0.366 e. The number of hydrogen-bond donors (Lipinski definition) is 2. The first-order valence-corrected chi connectivity index (χ1v) is 7.75. The number of hydrogen-bond acceptors (Lipinski definition) is 4. The first-order chi connectivity index (χ1) is 11.0. The highest BCUT2D eigenvalue weighted by Gasteiger charge is 2.33. The molecule has 1 aliphatic heterocycles. The molecule has 1 aliphatic carbocycles. The number of primary amides is 1. The van der Waals surface area contributed by atoms with Gasteiger partial charge in [0.2, 0.25) is 11.8 Å². The normalized spacial score (nSPS) is 17.4. The molecule has 1 aromatic carbocycles. The zero-order valence-corrected chi connectivity index (χ0v) is 12.8. The molecule has 7 heteroatoms. The van der Waals surface area contributed by atoms with Gasteiger partial charge >= 0.3 is 6.03 Å². The fraction of sp³-hybridized carbons (Fsp3) is 0.438. The van der Waals surface area contributed by atoms with Crippen molar-refractivity contribution < 1.29 is 14.4 Å². The van der Waals surface area contributed by atoms with Crippen LogP contribution in [0.4, 0.5) is 4.79 Å². The number of benzene rings is 1. The standard InChI is InChI=1S/C16H20N4O3/c17-15(22)12-3-1-11(2-4-12)9-19(13-5-6-13)10-14(21)20-8-7-18-16(20)23/h1-4,13H,5-10H2,(H2,17,22)(H,18,23). The van der Waals surface area contributed by atoms with Crippen molar-refractivity contribution in [3.63, 3.8) is 0 Å². The summed E-state index contributed by atoms with van der Waals surface area (Å²) in [6.45, 7) is 1.80. The molecule has 0 atom stereocenters. The third-order valence-corrected chi connectivity index (χ3v) is 4.18. The summed E-state index contributed by atoms with van der Waals surface area (Å²) in [5, 5.41) is 2.64. The van der Waals surface area contributed by atoms with Crippen molar-refractivity contribution in [1.82, 2.24) is 15.1 Å². The molecule has 7 nitrogen and oxygen atoms in total. The van der Waals surface area contributed by atoms with E-state index in [1.807, 2.05) is 12.1 Å². The Balaban J connectivity index is 1.64. The molecular weight excluding hydrogens is 296 g/mol. The number of imide groups is 1. The van der Waals surface area contributed by atoms with Gasteiger partial charge in [-0.2, -0.15) is 0 Å². The van der Waals surface area contributed by atoms with E-state index >= 15 is 0 Å². The molecule has 1 saturated heterocycles. The van der Waals surface area contributed by atoms with E-state index < -0.39 is 5.91 Å². The molecule has 3 N–H and O–H groups in total. The van der Waals surface area contributed by atoms with Crippen LogP contribution < -0.4 is 11.1 Å². The molecule has 2 aliphatic rings. The maximum atomic E-state index is 12.3. The van der Waals surface area contributed by atoms with E-state index in [0.717, 1.165) is 18.4 Å². The van der Waals surface area contributed by atoms with Gasteiger partial charge < -0.3 is 11.1 Å². The monoisotopic (exact) mass is 316 g/mol. The van der Waals surface area contributed by atoms with Gasteiger partial charge in [0.15, 0.2) is 0 Å². The molecule has 1 aromatic rings. The average molecular weight is 316 g/mol. The Hall–Kier alpha value is -2.41. The third kappa shape index (κ3) is 3.68. The second-order valence-electron chi connectivity index (χ2n) is 5.97. The van der Waals surface area contributed by atoms with Gasteiger partial charge in [-0.15, -0.1) is 0 Å². The molecule has 3 rings (SSSR count). The van der Waals surface area contributed by atoms with Crippen molar-refractivity contribution in [3.05, 3.63) is 35.4 Å². The lowest BCUT2D eigenvalue weighted by atomic mass is 10.1. The van der Waals surface area contributed by atoms with Crippen LogP contribution in [0.5, 0.6) is 0 Å². The predicted octanol–water partition coefficient (Wildman–Crippen LogP) is 0.302. The predicted molar refractivity (Wildman–Crippen MR) is 83.5 cm³/mol. The molecule has 4 amide bonds. The zero-order chi connectivity index (χ0) is 16.4. The number of nitrogens with one attached hydrogen (secondary N) is 1. The molecular formula is C16H20N4O3. The van der Waals surface area contributed by atoms with Crippen molar-refractivity contribution in [1.29, 1.82) is 0 Å². The smallest absolute Gasteiger partial charge is 0.324 e. The number of carbonyl (C=O) groups excluding carboxylic acids is 3. The lowest BCUT2D eigenvalue weighted by Crippen LogP contribution is -2.42. The molecule has 0 bridgehead atoms. The number of nitrogens with zero attached hydrogens (tertiary/aromatic N) is 2. The van der Waals surface area contributed by atoms with Crippen LogP contribution in [0, 0.1) is 0 Å². The van der Waals surface area contributed by atoms with Crippen LogP contribution in [0.2, 0.25) is 0 Å². The van der Waals surface area contributed by atoms with Crippen LogP contribution >= 0.6 is 0 Å². The summed E-state index contributed by atoms with van der Waals surface area (Å²) < 4.78 is 0. The van der Waals surface area contributed by atoms with E-state index in [2.05, 4.69) is 10.2 Å². The Morgan fingerprint density at radius 1 is 1.26 bits per heavy atom. The number of rotatable bonds is 6. The molecule has 0 radical (unpaired) electrons. The van der Waals surface area contributed by atoms with Gasteiger partial charge in [-0.25, -0.2) is 4.79 Å². The summed E-state index contributed by atoms with van der Waals surface area (Å²) >= 11 is 0. The van der Waals surface area contributed by atoms with E-state index in [-0.39, 0.29) is 18.5 Å². The second kappa shape index (κ2) is 6.37. The fourth-order valence-corrected chi connectivity index (χ4v) is 2.73. The van der Waals surface area contributed by atoms with E-state index in [0.29, 0.717) is 31.2 Å². The van der Waals surface area contributed by atoms with E-state index in [4.69, 9.17) is 5.73 Å². The molecule has 1 saturated carbocycles. The number of carbonyl (C=O) groups is 3. The van der Waals surface area contributed by atoms with Crippen molar-refractivity contribution in [2.45, 2.75) is 25.4 Å². The highest BCUT2D eigenvalue weighted by atomic mass is 16.2. The van der Waals surface area contributed by atoms with Gasteiger partial charge in [0.1, 0.15) is 0 Å². The zero-order valence-electron chi connectivity index (χ0n) is 12.8. The van der Waals surface area contributed by atoms with Gasteiger partial charge in [-0.05, 0) is 30.5 Å². The number of amides is 4.